The Hall–Kier alpha value is -4.11. The molecule has 2 aromatic heterocycles. The number of benzene rings is 1. The molecule has 9 nitrogen and oxygen atoms in total. The molecule has 1 aliphatic heterocycles. The van der Waals surface area contributed by atoms with Crippen molar-refractivity contribution in [1.29, 1.82) is 0 Å². The molecule has 5 rings (SSSR count). The van der Waals surface area contributed by atoms with Crippen LogP contribution in [0.2, 0.25) is 0 Å². The van der Waals surface area contributed by atoms with Gasteiger partial charge in [-0.25, -0.2) is 0 Å². The summed E-state index contributed by atoms with van der Waals surface area (Å²) in [5, 5.41) is 13.7. The Balaban J connectivity index is 1.35. The smallest absolute Gasteiger partial charge is 0.276 e. The number of carbonyl (C=O) groups is 2. The third-order valence-electron chi connectivity index (χ3n) is 7.45. The molecule has 9 heteroatoms. The summed E-state index contributed by atoms with van der Waals surface area (Å²) in [6.45, 7) is 11.0. The van der Waals surface area contributed by atoms with Crippen LogP contribution >= 0.6 is 0 Å². The minimum Gasteiger partial charge on any atom is -0.324 e. The lowest BCUT2D eigenvalue weighted by molar-refractivity contribution is -0.117. The van der Waals surface area contributed by atoms with Crippen LogP contribution in [-0.4, -0.2) is 58.2 Å². The zero-order valence-corrected chi connectivity index (χ0v) is 22.5. The van der Waals surface area contributed by atoms with E-state index in [1.165, 1.54) is 19.0 Å². The highest BCUT2D eigenvalue weighted by Crippen LogP contribution is 2.32. The third-order valence-corrected chi connectivity index (χ3v) is 7.45. The number of nitrogens with one attached hydrogen (secondary N) is 3. The van der Waals surface area contributed by atoms with Crippen LogP contribution in [0.1, 0.15) is 55.6 Å². The molecule has 1 saturated heterocycles. The van der Waals surface area contributed by atoms with E-state index in [0.29, 0.717) is 16.8 Å². The Labute approximate surface area is 228 Å². The van der Waals surface area contributed by atoms with Crippen LogP contribution in [-0.2, 0) is 4.79 Å². The first-order valence-corrected chi connectivity index (χ1v) is 13.5. The van der Waals surface area contributed by atoms with Gasteiger partial charge < -0.3 is 10.6 Å². The first-order chi connectivity index (χ1) is 18.9. The van der Waals surface area contributed by atoms with Gasteiger partial charge in [0.25, 0.3) is 5.91 Å². The topological polar surface area (TPSA) is 115 Å². The van der Waals surface area contributed by atoms with Crippen molar-refractivity contribution in [2.45, 2.75) is 39.5 Å². The molecular formula is C30H35N7O2. The summed E-state index contributed by atoms with van der Waals surface area (Å²) < 4.78 is 0. The van der Waals surface area contributed by atoms with E-state index < -0.39 is 0 Å². The molecule has 0 atom stereocenters. The van der Waals surface area contributed by atoms with Crippen LogP contribution in [0.15, 0.2) is 59.5 Å². The molecule has 0 bridgehead atoms. The average molecular weight is 526 g/mol. The molecule has 202 valence electrons. The second kappa shape index (κ2) is 11.7. The minimum atomic E-state index is -0.384. The number of piperidine rings is 1. The molecular weight excluding hydrogens is 490 g/mol. The number of aromatic nitrogens is 3. The van der Waals surface area contributed by atoms with Crippen molar-refractivity contribution >= 4 is 46.4 Å². The van der Waals surface area contributed by atoms with Gasteiger partial charge in [-0.15, -0.1) is 0 Å². The van der Waals surface area contributed by atoms with E-state index in [1.807, 2.05) is 24.4 Å². The Morgan fingerprint density at radius 3 is 2.69 bits per heavy atom. The number of allylic oxidation sites excluding steroid dienone is 1. The Kier molecular flexibility index (Phi) is 7.97. The number of amides is 2. The standard InChI is InChI=1S/C30H35N7O2/c1-19-9-12-37(13-10-19)18-21(16-31-3)14-20(2)23-6-7-25-24(15-23)28(36-35-25)30(39)34-27-17-32-11-8-26(27)33-29(38)22-4-5-22/h6-8,11,14-17,19,22H,3-5,9-10,12-13,18H2,1-2H3,(H,34,39)(H,35,36)(H,32,33,38)/b20-14+,21-16+. The zero-order chi connectivity index (χ0) is 27.4. The highest BCUT2D eigenvalue weighted by Gasteiger charge is 2.30. The molecule has 1 aliphatic carbocycles. The molecule has 0 unspecified atom stereocenters. The van der Waals surface area contributed by atoms with Gasteiger partial charge in [-0.2, -0.15) is 5.10 Å². The number of likely N-dealkylation sites (tertiary alicyclic amines) is 1. The van der Waals surface area contributed by atoms with E-state index in [2.05, 4.69) is 62.3 Å². The van der Waals surface area contributed by atoms with Crippen molar-refractivity contribution < 1.29 is 9.59 Å². The predicted molar refractivity (Wildman–Crippen MR) is 156 cm³/mol. The fourth-order valence-corrected chi connectivity index (χ4v) is 4.88. The molecule has 0 radical (unpaired) electrons. The lowest BCUT2D eigenvalue weighted by Crippen LogP contribution is -2.34. The van der Waals surface area contributed by atoms with E-state index in [9.17, 15) is 9.59 Å². The van der Waals surface area contributed by atoms with Crippen molar-refractivity contribution in [3.63, 3.8) is 0 Å². The quantitative estimate of drug-likeness (QED) is 0.260. The van der Waals surface area contributed by atoms with E-state index in [1.54, 1.807) is 12.3 Å². The monoisotopic (exact) mass is 525 g/mol. The van der Waals surface area contributed by atoms with Gasteiger partial charge in [-0.05, 0) is 93.2 Å². The van der Waals surface area contributed by atoms with Gasteiger partial charge in [0.15, 0.2) is 5.69 Å². The Morgan fingerprint density at radius 2 is 1.95 bits per heavy atom. The van der Waals surface area contributed by atoms with Gasteiger partial charge in [0.2, 0.25) is 5.91 Å². The lowest BCUT2D eigenvalue weighted by atomic mass is 9.98. The van der Waals surface area contributed by atoms with Gasteiger partial charge in [-0.1, -0.05) is 19.1 Å². The van der Waals surface area contributed by atoms with Crippen LogP contribution in [0.3, 0.4) is 0 Å². The molecule has 3 aromatic rings. The van der Waals surface area contributed by atoms with E-state index in [0.717, 1.165) is 60.6 Å². The highest BCUT2D eigenvalue weighted by atomic mass is 16.2. The molecule has 2 aliphatic rings. The molecule has 0 spiro atoms. The molecule has 1 aromatic carbocycles. The first-order valence-electron chi connectivity index (χ1n) is 13.5. The summed E-state index contributed by atoms with van der Waals surface area (Å²) in [7, 11) is 0. The van der Waals surface area contributed by atoms with Crippen molar-refractivity contribution in [2.75, 3.05) is 30.3 Å². The van der Waals surface area contributed by atoms with Gasteiger partial charge in [0.1, 0.15) is 0 Å². The van der Waals surface area contributed by atoms with Crippen molar-refractivity contribution in [3.05, 3.63) is 65.8 Å². The second-order valence-electron chi connectivity index (χ2n) is 10.6. The number of hydrogen-bond donors (Lipinski definition) is 3. The van der Waals surface area contributed by atoms with Crippen LogP contribution in [0, 0.1) is 11.8 Å². The second-order valence-corrected chi connectivity index (χ2v) is 10.6. The van der Waals surface area contributed by atoms with Crippen molar-refractivity contribution in [3.8, 4) is 0 Å². The maximum atomic E-state index is 13.3. The molecule has 39 heavy (non-hydrogen) atoms. The summed E-state index contributed by atoms with van der Waals surface area (Å²) in [4.78, 5) is 36.2. The number of H-pyrrole nitrogens is 1. The molecule has 2 fully saturated rings. The summed E-state index contributed by atoms with van der Waals surface area (Å²) in [5.41, 5.74) is 5.12. The summed E-state index contributed by atoms with van der Waals surface area (Å²) >= 11 is 0. The zero-order valence-electron chi connectivity index (χ0n) is 22.5. The summed E-state index contributed by atoms with van der Waals surface area (Å²) in [6, 6.07) is 7.60. The van der Waals surface area contributed by atoms with Crippen LogP contribution in [0.5, 0.6) is 0 Å². The first kappa shape index (κ1) is 26.5. The largest absolute Gasteiger partial charge is 0.324 e. The van der Waals surface area contributed by atoms with Gasteiger partial charge >= 0.3 is 0 Å². The van der Waals surface area contributed by atoms with E-state index in [-0.39, 0.29) is 23.4 Å². The van der Waals surface area contributed by atoms with E-state index >= 15 is 0 Å². The van der Waals surface area contributed by atoms with Crippen molar-refractivity contribution in [2.24, 2.45) is 16.8 Å². The summed E-state index contributed by atoms with van der Waals surface area (Å²) in [6.07, 6.45) is 11.3. The molecule has 3 heterocycles. The van der Waals surface area contributed by atoms with E-state index in [4.69, 9.17) is 0 Å². The van der Waals surface area contributed by atoms with Gasteiger partial charge in [-0.3, -0.25) is 29.6 Å². The number of carbonyl (C=O) groups excluding carboxylic acids is 2. The number of anilines is 2. The number of fused-ring (bicyclic) bond motifs is 1. The maximum Gasteiger partial charge on any atom is 0.276 e. The van der Waals surface area contributed by atoms with Crippen molar-refractivity contribution in [1.82, 2.24) is 20.1 Å². The minimum absolute atomic E-state index is 0.0382. The molecule has 2 amide bonds. The summed E-state index contributed by atoms with van der Waals surface area (Å²) in [5.74, 6) is 0.408. The van der Waals surface area contributed by atoms with Crippen LogP contribution < -0.4 is 10.6 Å². The number of rotatable bonds is 9. The Morgan fingerprint density at radius 1 is 1.15 bits per heavy atom. The molecule has 3 N–H and O–H groups in total. The highest BCUT2D eigenvalue weighted by molar-refractivity contribution is 6.13. The number of hydrogen-bond acceptors (Lipinski definition) is 6. The fourth-order valence-electron chi connectivity index (χ4n) is 4.88. The lowest BCUT2D eigenvalue weighted by Gasteiger charge is -2.30. The predicted octanol–water partition coefficient (Wildman–Crippen LogP) is 5.28. The van der Waals surface area contributed by atoms with Crippen LogP contribution in [0.25, 0.3) is 16.5 Å². The van der Waals surface area contributed by atoms with Crippen LogP contribution in [0.4, 0.5) is 11.4 Å². The Bertz CT molecular complexity index is 1440. The van der Waals surface area contributed by atoms with Gasteiger partial charge in [0.05, 0.1) is 23.1 Å². The number of aliphatic imine (C=N–C) groups is 1. The third kappa shape index (κ3) is 6.49. The number of aromatic amines is 1. The number of nitrogens with zero attached hydrogens (tertiary/aromatic N) is 4. The average Bonchev–Trinajstić information content (AvgIpc) is 3.70. The maximum absolute atomic E-state index is 13.3. The van der Waals surface area contributed by atoms with Gasteiger partial charge in [0, 0.05) is 30.2 Å². The normalized spacial score (nSPS) is 17.3. The molecule has 1 saturated carbocycles. The SMILES string of the molecule is C=N/C=C(\C=C(/C)c1ccc2[nH]nc(C(=O)Nc3cnccc3NC(=O)C3CC3)c2c1)CN1CCC(C)CC1. The fraction of sp³-hybridized carbons (Fsp3) is 0.367. The number of pyridine rings is 1.